The summed E-state index contributed by atoms with van der Waals surface area (Å²) < 4.78 is 0. The van der Waals surface area contributed by atoms with Gasteiger partial charge < -0.3 is 16.4 Å². The van der Waals surface area contributed by atoms with Crippen molar-refractivity contribution in [2.75, 3.05) is 10.6 Å². The molecule has 5 heteroatoms. The highest BCUT2D eigenvalue weighted by atomic mass is 16.1. The van der Waals surface area contributed by atoms with Crippen LogP contribution in [0.3, 0.4) is 0 Å². The first-order chi connectivity index (χ1) is 10.1. The Balaban J connectivity index is 1.86. The number of primary amides is 1. The van der Waals surface area contributed by atoms with Crippen LogP contribution in [0, 0.1) is 0 Å². The molecule has 1 fully saturated rings. The molecule has 0 aliphatic heterocycles. The van der Waals surface area contributed by atoms with Crippen LogP contribution in [-0.4, -0.2) is 16.9 Å². The van der Waals surface area contributed by atoms with Gasteiger partial charge in [0, 0.05) is 30.2 Å². The van der Waals surface area contributed by atoms with Crippen LogP contribution in [0.1, 0.15) is 28.9 Å². The largest absolute Gasteiger partial charge is 0.399 e. The van der Waals surface area contributed by atoms with Crippen molar-refractivity contribution in [3.05, 3.63) is 53.9 Å². The molecule has 4 N–H and O–H groups in total. The molecular weight excluding hydrogens is 264 g/mol. The van der Waals surface area contributed by atoms with Gasteiger partial charge in [0.25, 0.3) is 5.91 Å². The summed E-state index contributed by atoms with van der Waals surface area (Å²) in [4.78, 5) is 17.6. The fourth-order valence-corrected chi connectivity index (χ4v) is 2.37. The summed E-state index contributed by atoms with van der Waals surface area (Å²) >= 11 is 0. The number of amides is 1. The Kier molecular flexibility index (Phi) is 3.48. The summed E-state index contributed by atoms with van der Waals surface area (Å²) in [6.45, 7) is 0.785. The van der Waals surface area contributed by atoms with E-state index in [1.807, 2.05) is 30.3 Å². The van der Waals surface area contributed by atoms with Crippen molar-refractivity contribution in [3.8, 4) is 0 Å². The maximum absolute atomic E-state index is 11.3. The van der Waals surface area contributed by atoms with Crippen molar-refractivity contribution >= 4 is 17.3 Å². The minimum atomic E-state index is -0.500. The number of anilines is 2. The Bertz CT molecular complexity index is 650. The Labute approximate surface area is 123 Å². The van der Waals surface area contributed by atoms with Crippen LogP contribution in [0.4, 0.5) is 11.4 Å². The van der Waals surface area contributed by atoms with E-state index >= 15 is 0 Å². The van der Waals surface area contributed by atoms with Crippen molar-refractivity contribution in [1.82, 2.24) is 4.98 Å². The number of carbonyl (C=O) groups is 1. The third-order valence-electron chi connectivity index (χ3n) is 3.65. The predicted molar refractivity (Wildman–Crippen MR) is 82.8 cm³/mol. The van der Waals surface area contributed by atoms with Crippen LogP contribution in [0.25, 0.3) is 0 Å². The monoisotopic (exact) mass is 282 g/mol. The molecule has 2 aromatic rings. The maximum atomic E-state index is 11.3. The van der Waals surface area contributed by atoms with E-state index in [1.54, 1.807) is 12.3 Å². The van der Waals surface area contributed by atoms with Gasteiger partial charge in [0.1, 0.15) is 5.69 Å². The number of nitrogen functional groups attached to an aromatic ring is 1. The van der Waals surface area contributed by atoms with Gasteiger partial charge in [-0.1, -0.05) is 12.1 Å². The van der Waals surface area contributed by atoms with Crippen molar-refractivity contribution < 1.29 is 4.79 Å². The lowest BCUT2D eigenvalue weighted by Gasteiger charge is -2.25. The van der Waals surface area contributed by atoms with E-state index in [1.165, 1.54) is 18.4 Å². The molecular formula is C16H18N4O. The minimum absolute atomic E-state index is 0.301. The van der Waals surface area contributed by atoms with E-state index in [9.17, 15) is 4.79 Å². The number of nitrogens with zero attached hydrogens (tertiary/aromatic N) is 2. The molecule has 21 heavy (non-hydrogen) atoms. The Hall–Kier alpha value is -2.56. The molecule has 1 heterocycles. The lowest BCUT2D eigenvalue weighted by atomic mass is 10.1. The zero-order valence-corrected chi connectivity index (χ0v) is 11.7. The maximum Gasteiger partial charge on any atom is 0.267 e. The summed E-state index contributed by atoms with van der Waals surface area (Å²) in [6.07, 6.45) is 3.97. The van der Waals surface area contributed by atoms with Crippen LogP contribution in [-0.2, 0) is 6.54 Å². The van der Waals surface area contributed by atoms with Crippen LogP contribution in [0.15, 0.2) is 42.6 Å². The van der Waals surface area contributed by atoms with Gasteiger partial charge in [-0.05, 0) is 42.7 Å². The zero-order chi connectivity index (χ0) is 14.8. The summed E-state index contributed by atoms with van der Waals surface area (Å²) in [5.74, 6) is -0.500. The number of pyridine rings is 1. The molecule has 0 spiro atoms. The number of carbonyl (C=O) groups excluding carboxylic acids is 1. The first kappa shape index (κ1) is 13.4. The van der Waals surface area contributed by atoms with Crippen LogP contribution in [0.2, 0.25) is 0 Å². The molecule has 108 valence electrons. The van der Waals surface area contributed by atoms with E-state index < -0.39 is 5.91 Å². The van der Waals surface area contributed by atoms with E-state index in [4.69, 9.17) is 11.5 Å². The second-order valence-electron chi connectivity index (χ2n) is 5.36. The number of rotatable bonds is 5. The quantitative estimate of drug-likeness (QED) is 0.821. The van der Waals surface area contributed by atoms with Gasteiger partial charge >= 0.3 is 0 Å². The van der Waals surface area contributed by atoms with E-state index in [2.05, 4.69) is 9.88 Å². The summed E-state index contributed by atoms with van der Waals surface area (Å²) in [5.41, 5.74) is 14.3. The van der Waals surface area contributed by atoms with Gasteiger partial charge in [-0.15, -0.1) is 0 Å². The molecule has 1 aliphatic carbocycles. The first-order valence-electron chi connectivity index (χ1n) is 7.00. The number of hydrogen-bond acceptors (Lipinski definition) is 4. The Morgan fingerprint density at radius 1 is 1.24 bits per heavy atom. The fraction of sp³-hybridized carbons (Fsp3) is 0.250. The van der Waals surface area contributed by atoms with E-state index in [0.29, 0.717) is 11.7 Å². The molecule has 0 atom stereocenters. The zero-order valence-electron chi connectivity index (χ0n) is 11.7. The summed E-state index contributed by atoms with van der Waals surface area (Å²) in [5, 5.41) is 0. The number of aromatic nitrogens is 1. The average molecular weight is 282 g/mol. The fourth-order valence-electron chi connectivity index (χ4n) is 2.37. The van der Waals surface area contributed by atoms with E-state index in [0.717, 1.165) is 17.9 Å². The molecule has 0 radical (unpaired) electrons. The molecule has 5 nitrogen and oxygen atoms in total. The number of nitrogens with two attached hydrogens (primary N) is 2. The Morgan fingerprint density at radius 2 is 1.95 bits per heavy atom. The van der Waals surface area contributed by atoms with Gasteiger partial charge in [-0.3, -0.25) is 9.78 Å². The van der Waals surface area contributed by atoms with Crippen molar-refractivity contribution in [1.29, 1.82) is 0 Å². The van der Waals surface area contributed by atoms with Crippen molar-refractivity contribution in [2.45, 2.75) is 25.4 Å². The highest BCUT2D eigenvalue weighted by Crippen LogP contribution is 2.33. The van der Waals surface area contributed by atoms with Crippen LogP contribution in [0.5, 0.6) is 0 Å². The van der Waals surface area contributed by atoms with E-state index in [-0.39, 0.29) is 0 Å². The van der Waals surface area contributed by atoms with Gasteiger partial charge in [-0.2, -0.15) is 0 Å². The number of hydrogen-bond donors (Lipinski definition) is 2. The highest BCUT2D eigenvalue weighted by molar-refractivity contribution is 5.91. The molecule has 0 unspecified atom stereocenters. The third kappa shape index (κ3) is 3.13. The highest BCUT2D eigenvalue weighted by Gasteiger charge is 2.29. The summed E-state index contributed by atoms with van der Waals surface area (Å²) in [7, 11) is 0. The molecule has 0 saturated heterocycles. The molecule has 1 saturated carbocycles. The molecule has 1 amide bonds. The summed E-state index contributed by atoms with van der Waals surface area (Å²) in [6, 6.07) is 12.1. The Morgan fingerprint density at radius 3 is 2.57 bits per heavy atom. The van der Waals surface area contributed by atoms with Crippen molar-refractivity contribution in [2.24, 2.45) is 5.73 Å². The molecule has 1 aliphatic rings. The smallest absolute Gasteiger partial charge is 0.267 e. The lowest BCUT2D eigenvalue weighted by Crippen LogP contribution is -2.25. The van der Waals surface area contributed by atoms with Crippen LogP contribution < -0.4 is 16.4 Å². The normalized spacial score (nSPS) is 13.9. The second-order valence-corrected chi connectivity index (χ2v) is 5.36. The molecule has 3 rings (SSSR count). The third-order valence-corrected chi connectivity index (χ3v) is 3.65. The van der Waals surface area contributed by atoms with Gasteiger partial charge in [0.05, 0.1) is 0 Å². The number of benzene rings is 1. The van der Waals surface area contributed by atoms with Gasteiger partial charge in [0.2, 0.25) is 0 Å². The SMILES string of the molecule is NC(=O)c1cc(N(Cc2ccc(N)cc2)C2CC2)ccn1. The lowest BCUT2D eigenvalue weighted by molar-refractivity contribution is 0.0995. The van der Waals surface area contributed by atoms with Gasteiger partial charge in [-0.25, -0.2) is 0 Å². The molecule has 1 aromatic carbocycles. The minimum Gasteiger partial charge on any atom is -0.399 e. The van der Waals surface area contributed by atoms with Gasteiger partial charge in [0.15, 0.2) is 0 Å². The van der Waals surface area contributed by atoms with Crippen molar-refractivity contribution in [3.63, 3.8) is 0 Å². The average Bonchev–Trinajstić information content (AvgIpc) is 3.31. The molecule has 0 bridgehead atoms. The standard InChI is InChI=1S/C16H18N4O/c17-12-3-1-11(2-4-12)10-20(13-5-6-13)14-7-8-19-15(9-14)16(18)21/h1-4,7-9,13H,5-6,10,17H2,(H2,18,21). The topological polar surface area (TPSA) is 85.2 Å². The van der Waals surface area contributed by atoms with Crippen LogP contribution >= 0.6 is 0 Å². The predicted octanol–water partition coefficient (Wildman–Crippen LogP) is 1.93. The first-order valence-corrected chi connectivity index (χ1v) is 7.00. The second kappa shape index (κ2) is 5.44. The molecule has 1 aromatic heterocycles.